The fraction of sp³-hybridized carbons (Fsp3) is 0.615. The van der Waals surface area contributed by atoms with Crippen LogP contribution in [0.3, 0.4) is 0 Å². The average Bonchev–Trinajstić information content (AvgIpc) is 3.29. The number of benzene rings is 1. The van der Waals surface area contributed by atoms with Crippen LogP contribution in [0.15, 0.2) is 12.1 Å². The van der Waals surface area contributed by atoms with Crippen molar-refractivity contribution in [3.63, 3.8) is 0 Å². The van der Waals surface area contributed by atoms with Gasteiger partial charge < -0.3 is 25.0 Å². The van der Waals surface area contributed by atoms with Gasteiger partial charge in [0.25, 0.3) is 0 Å². The van der Waals surface area contributed by atoms with Gasteiger partial charge in [0.1, 0.15) is 23.5 Å². The quantitative estimate of drug-likeness (QED) is 0.365. The van der Waals surface area contributed by atoms with E-state index in [-0.39, 0.29) is 30.9 Å². The van der Waals surface area contributed by atoms with Crippen LogP contribution in [-0.2, 0) is 30.3 Å². The van der Waals surface area contributed by atoms with Crippen LogP contribution in [0.4, 0.5) is 18.0 Å². The van der Waals surface area contributed by atoms with Crippen molar-refractivity contribution >= 4 is 23.9 Å². The molecule has 2 unspecified atom stereocenters. The van der Waals surface area contributed by atoms with Gasteiger partial charge in [-0.15, -0.1) is 0 Å². The molecule has 9 nitrogen and oxygen atoms in total. The summed E-state index contributed by atoms with van der Waals surface area (Å²) in [4.78, 5) is 52.3. The zero-order chi connectivity index (χ0) is 28.8. The number of carbonyl (C=O) groups is 4. The molecular formula is C26H36F3N3O6. The SMILES string of the molecule is COC(=O)C[C@@H](Cc1cc(F)c(F)cc1F)NC(=O)C1CCCN1C(=O)C(NC(=O)OC(C)(C)C)C(C)C. The van der Waals surface area contributed by atoms with E-state index >= 15 is 0 Å². The molecule has 1 aromatic rings. The second-order valence-corrected chi connectivity index (χ2v) is 10.6. The van der Waals surface area contributed by atoms with Crippen LogP contribution in [0.5, 0.6) is 0 Å². The Balaban J connectivity index is 2.20. The van der Waals surface area contributed by atoms with E-state index < -0.39 is 65.1 Å². The van der Waals surface area contributed by atoms with Gasteiger partial charge in [0.05, 0.1) is 13.5 Å². The first-order valence-electron chi connectivity index (χ1n) is 12.4. The molecule has 2 rings (SSSR count). The monoisotopic (exact) mass is 543 g/mol. The van der Waals surface area contributed by atoms with Gasteiger partial charge >= 0.3 is 12.1 Å². The van der Waals surface area contributed by atoms with Gasteiger partial charge in [0, 0.05) is 18.7 Å². The molecule has 212 valence electrons. The molecule has 2 N–H and O–H groups in total. The zero-order valence-electron chi connectivity index (χ0n) is 22.5. The summed E-state index contributed by atoms with van der Waals surface area (Å²) in [6.45, 7) is 8.82. The van der Waals surface area contributed by atoms with Gasteiger partial charge in [-0.3, -0.25) is 14.4 Å². The summed E-state index contributed by atoms with van der Waals surface area (Å²) >= 11 is 0. The minimum atomic E-state index is -1.36. The summed E-state index contributed by atoms with van der Waals surface area (Å²) in [5, 5.41) is 5.21. The Bertz CT molecular complexity index is 1040. The lowest BCUT2D eigenvalue weighted by Gasteiger charge is -2.32. The number of likely N-dealkylation sites (tertiary alicyclic amines) is 1. The number of nitrogens with one attached hydrogen (secondary N) is 2. The third-order valence-corrected chi connectivity index (χ3v) is 5.99. The lowest BCUT2D eigenvalue weighted by Crippen LogP contribution is -2.56. The van der Waals surface area contributed by atoms with E-state index in [1.165, 1.54) is 4.90 Å². The van der Waals surface area contributed by atoms with E-state index in [1.807, 2.05) is 0 Å². The minimum Gasteiger partial charge on any atom is -0.469 e. The van der Waals surface area contributed by atoms with Gasteiger partial charge in [-0.25, -0.2) is 18.0 Å². The Labute approximate surface area is 220 Å². The second-order valence-electron chi connectivity index (χ2n) is 10.6. The van der Waals surface area contributed by atoms with Crippen LogP contribution in [0.25, 0.3) is 0 Å². The van der Waals surface area contributed by atoms with Gasteiger partial charge in [0.2, 0.25) is 11.8 Å². The molecule has 1 saturated heterocycles. The largest absolute Gasteiger partial charge is 0.469 e. The molecule has 0 saturated carbocycles. The van der Waals surface area contributed by atoms with E-state index in [9.17, 15) is 32.3 Å². The standard InChI is InChI=1S/C26H36F3N3O6/c1-14(2)22(31-25(36)38-26(3,4)5)24(35)32-9-7-8-20(32)23(34)30-16(12-21(33)37-6)10-15-11-18(28)19(29)13-17(15)27/h11,13-14,16,20,22H,7-10,12H2,1-6H3,(H,30,34)(H,31,36)/t16-,20?,22?/m1/s1. The van der Waals surface area contributed by atoms with Gasteiger partial charge in [-0.05, 0) is 57.6 Å². The molecule has 0 radical (unpaired) electrons. The lowest BCUT2D eigenvalue weighted by atomic mass is 10.0. The van der Waals surface area contributed by atoms with Crippen molar-refractivity contribution in [2.75, 3.05) is 13.7 Å². The number of ether oxygens (including phenoxy) is 2. The normalized spacial score (nSPS) is 17.1. The van der Waals surface area contributed by atoms with Crippen molar-refractivity contribution in [1.29, 1.82) is 0 Å². The molecule has 1 aliphatic heterocycles. The highest BCUT2D eigenvalue weighted by molar-refractivity contribution is 5.92. The van der Waals surface area contributed by atoms with Crippen LogP contribution >= 0.6 is 0 Å². The van der Waals surface area contributed by atoms with Gasteiger partial charge in [-0.2, -0.15) is 0 Å². The van der Waals surface area contributed by atoms with E-state index in [2.05, 4.69) is 15.4 Å². The predicted octanol–water partition coefficient (Wildman–Crippen LogP) is 3.23. The third kappa shape index (κ3) is 8.63. The number of amides is 3. The Kier molecular flexibility index (Phi) is 10.5. The third-order valence-electron chi connectivity index (χ3n) is 5.99. The Morgan fingerprint density at radius 3 is 2.26 bits per heavy atom. The summed E-state index contributed by atoms with van der Waals surface area (Å²) < 4.78 is 51.2. The maximum atomic E-state index is 14.3. The number of nitrogens with zero attached hydrogens (tertiary/aromatic N) is 1. The smallest absolute Gasteiger partial charge is 0.408 e. The fourth-order valence-electron chi connectivity index (χ4n) is 4.17. The van der Waals surface area contributed by atoms with Gasteiger partial charge in [0.15, 0.2) is 11.6 Å². The Morgan fingerprint density at radius 2 is 1.68 bits per heavy atom. The van der Waals surface area contributed by atoms with Crippen LogP contribution in [0, 0.1) is 23.4 Å². The minimum absolute atomic E-state index is 0.237. The van der Waals surface area contributed by atoms with Crippen LogP contribution in [0.1, 0.15) is 59.4 Å². The number of carbonyl (C=O) groups excluding carboxylic acids is 4. The fourth-order valence-corrected chi connectivity index (χ4v) is 4.17. The van der Waals surface area contributed by atoms with Crippen molar-refractivity contribution in [1.82, 2.24) is 15.5 Å². The van der Waals surface area contributed by atoms with Crippen LogP contribution < -0.4 is 10.6 Å². The highest BCUT2D eigenvalue weighted by Gasteiger charge is 2.39. The van der Waals surface area contributed by atoms with E-state index in [0.717, 1.165) is 7.11 Å². The summed E-state index contributed by atoms with van der Waals surface area (Å²) in [6.07, 6.45) is -0.619. The molecule has 1 fully saturated rings. The van der Waals surface area contributed by atoms with Crippen molar-refractivity contribution in [2.24, 2.45) is 5.92 Å². The van der Waals surface area contributed by atoms with Crippen LogP contribution in [0.2, 0.25) is 0 Å². The number of methoxy groups -OCH3 is 1. The van der Waals surface area contributed by atoms with Crippen LogP contribution in [-0.4, -0.2) is 66.2 Å². The molecule has 1 heterocycles. The first-order chi connectivity index (χ1) is 17.6. The lowest BCUT2D eigenvalue weighted by molar-refractivity contribution is -0.143. The first kappa shape index (κ1) is 30.9. The highest BCUT2D eigenvalue weighted by Crippen LogP contribution is 2.22. The molecular weight excluding hydrogens is 507 g/mol. The number of alkyl carbamates (subject to hydrolysis) is 1. The highest BCUT2D eigenvalue weighted by atomic mass is 19.2. The topological polar surface area (TPSA) is 114 Å². The first-order valence-corrected chi connectivity index (χ1v) is 12.4. The average molecular weight is 544 g/mol. The summed E-state index contributed by atoms with van der Waals surface area (Å²) in [6, 6.07) is -1.84. The Morgan fingerprint density at radius 1 is 1.05 bits per heavy atom. The van der Waals surface area contributed by atoms with Crippen molar-refractivity contribution < 1.29 is 41.8 Å². The molecule has 0 aromatic heterocycles. The predicted molar refractivity (Wildman–Crippen MR) is 131 cm³/mol. The van der Waals surface area contributed by atoms with E-state index in [4.69, 9.17) is 4.74 Å². The van der Waals surface area contributed by atoms with Crippen molar-refractivity contribution in [2.45, 2.75) is 84.0 Å². The van der Waals surface area contributed by atoms with Crippen molar-refractivity contribution in [3.8, 4) is 0 Å². The molecule has 0 spiro atoms. The Hall–Kier alpha value is -3.31. The maximum absolute atomic E-state index is 14.3. The number of halogens is 3. The molecule has 12 heteroatoms. The number of esters is 1. The van der Waals surface area contributed by atoms with E-state index in [0.29, 0.717) is 25.0 Å². The molecule has 0 aliphatic carbocycles. The molecule has 0 bridgehead atoms. The van der Waals surface area contributed by atoms with Crippen molar-refractivity contribution in [3.05, 3.63) is 35.1 Å². The molecule has 38 heavy (non-hydrogen) atoms. The molecule has 1 aromatic carbocycles. The molecule has 3 amide bonds. The molecule has 3 atom stereocenters. The summed E-state index contributed by atoms with van der Waals surface area (Å²) in [7, 11) is 1.14. The maximum Gasteiger partial charge on any atom is 0.408 e. The second kappa shape index (κ2) is 13.0. The number of hydrogen-bond acceptors (Lipinski definition) is 6. The summed E-state index contributed by atoms with van der Waals surface area (Å²) in [5.74, 6) is -5.76. The number of hydrogen-bond donors (Lipinski definition) is 2. The van der Waals surface area contributed by atoms with Gasteiger partial charge in [-0.1, -0.05) is 13.8 Å². The summed E-state index contributed by atoms with van der Waals surface area (Å²) in [5.41, 5.74) is -1.01. The molecule has 1 aliphatic rings. The zero-order valence-corrected chi connectivity index (χ0v) is 22.5. The number of rotatable bonds is 9. The van der Waals surface area contributed by atoms with E-state index in [1.54, 1.807) is 34.6 Å².